The Morgan fingerprint density at radius 1 is 1.19 bits per heavy atom. The van der Waals surface area contributed by atoms with E-state index in [1.165, 1.54) is 5.56 Å². The van der Waals surface area contributed by atoms with E-state index in [0.29, 0.717) is 5.88 Å². The number of hydrogen-bond donors (Lipinski definition) is 1. The summed E-state index contributed by atoms with van der Waals surface area (Å²) in [6.45, 7) is 3.03. The van der Waals surface area contributed by atoms with Crippen LogP contribution in [0.25, 0.3) is 0 Å². The molecule has 4 nitrogen and oxygen atoms in total. The van der Waals surface area contributed by atoms with Gasteiger partial charge in [-0.1, -0.05) is 37.3 Å². The van der Waals surface area contributed by atoms with Gasteiger partial charge in [-0.25, -0.2) is 9.97 Å². The number of aromatic nitrogens is 2. The van der Waals surface area contributed by atoms with Gasteiger partial charge in [0.05, 0.1) is 12.8 Å². The molecule has 0 radical (unpaired) electrons. The standard InChI is InChI=1S/C17H23N3O/c1-3-18-15(16-12-17(21-2)20-13-19-16)11-7-10-14-8-5-4-6-9-14/h4-6,8-9,12-13,15,18H,3,7,10-11H2,1-2H3. The van der Waals surface area contributed by atoms with Crippen LogP contribution in [0.4, 0.5) is 0 Å². The Hall–Kier alpha value is -1.94. The van der Waals surface area contributed by atoms with Crippen LogP contribution in [0.1, 0.15) is 37.1 Å². The summed E-state index contributed by atoms with van der Waals surface area (Å²) in [6, 6.07) is 12.7. The highest BCUT2D eigenvalue weighted by Crippen LogP contribution is 2.20. The van der Waals surface area contributed by atoms with Gasteiger partial charge in [0, 0.05) is 12.1 Å². The summed E-state index contributed by atoms with van der Waals surface area (Å²) in [6.07, 6.45) is 4.82. The molecule has 0 aliphatic rings. The van der Waals surface area contributed by atoms with Gasteiger partial charge in [-0.05, 0) is 31.4 Å². The van der Waals surface area contributed by atoms with E-state index in [1.807, 2.05) is 6.07 Å². The first kappa shape index (κ1) is 15.4. The average Bonchev–Trinajstić information content (AvgIpc) is 2.55. The fourth-order valence-corrected chi connectivity index (χ4v) is 2.41. The molecule has 0 saturated heterocycles. The number of benzene rings is 1. The van der Waals surface area contributed by atoms with Crippen molar-refractivity contribution < 1.29 is 4.74 Å². The summed E-state index contributed by atoms with van der Waals surface area (Å²) in [5.74, 6) is 0.617. The highest BCUT2D eigenvalue weighted by molar-refractivity contribution is 5.17. The van der Waals surface area contributed by atoms with Crippen molar-refractivity contribution in [2.45, 2.75) is 32.2 Å². The van der Waals surface area contributed by atoms with Crippen LogP contribution in [0, 0.1) is 0 Å². The lowest BCUT2D eigenvalue weighted by molar-refractivity contribution is 0.392. The minimum Gasteiger partial charge on any atom is -0.481 e. The van der Waals surface area contributed by atoms with E-state index in [2.05, 4.69) is 52.5 Å². The molecule has 0 aliphatic heterocycles. The molecular weight excluding hydrogens is 262 g/mol. The van der Waals surface area contributed by atoms with Gasteiger partial charge >= 0.3 is 0 Å². The molecule has 0 fully saturated rings. The number of methoxy groups -OCH3 is 1. The van der Waals surface area contributed by atoms with Crippen LogP contribution in [-0.4, -0.2) is 23.6 Å². The third-order valence-corrected chi connectivity index (χ3v) is 3.48. The topological polar surface area (TPSA) is 47.0 Å². The smallest absolute Gasteiger partial charge is 0.216 e. The summed E-state index contributed by atoms with van der Waals surface area (Å²) in [5, 5.41) is 3.49. The average molecular weight is 285 g/mol. The first-order chi connectivity index (χ1) is 10.3. The molecule has 21 heavy (non-hydrogen) atoms. The third-order valence-electron chi connectivity index (χ3n) is 3.48. The van der Waals surface area contributed by atoms with Crippen molar-refractivity contribution in [1.82, 2.24) is 15.3 Å². The Bertz CT molecular complexity index is 531. The third kappa shape index (κ3) is 4.83. The Morgan fingerprint density at radius 2 is 2.00 bits per heavy atom. The maximum absolute atomic E-state index is 5.18. The fourth-order valence-electron chi connectivity index (χ4n) is 2.41. The van der Waals surface area contributed by atoms with Crippen LogP contribution in [0.15, 0.2) is 42.7 Å². The van der Waals surface area contributed by atoms with Crippen molar-refractivity contribution in [1.29, 1.82) is 0 Å². The van der Waals surface area contributed by atoms with Crippen LogP contribution >= 0.6 is 0 Å². The molecule has 1 aromatic heterocycles. The molecule has 0 spiro atoms. The number of aryl methyl sites for hydroxylation is 1. The lowest BCUT2D eigenvalue weighted by Gasteiger charge is -2.17. The molecule has 0 saturated carbocycles. The monoisotopic (exact) mass is 285 g/mol. The molecule has 0 amide bonds. The zero-order valence-electron chi connectivity index (χ0n) is 12.7. The Balaban J connectivity index is 1.95. The van der Waals surface area contributed by atoms with Crippen molar-refractivity contribution in [3.63, 3.8) is 0 Å². The van der Waals surface area contributed by atoms with Gasteiger partial charge in [-0.3, -0.25) is 0 Å². The predicted molar refractivity (Wildman–Crippen MR) is 84.4 cm³/mol. The minimum atomic E-state index is 0.246. The molecule has 0 bridgehead atoms. The van der Waals surface area contributed by atoms with Gasteiger partial charge in [0.1, 0.15) is 6.33 Å². The molecule has 112 valence electrons. The van der Waals surface area contributed by atoms with Gasteiger partial charge in [0.15, 0.2) is 0 Å². The summed E-state index contributed by atoms with van der Waals surface area (Å²) in [5.41, 5.74) is 2.38. The molecule has 4 heteroatoms. The molecule has 1 aromatic carbocycles. The van der Waals surface area contributed by atoms with Crippen molar-refractivity contribution >= 4 is 0 Å². The summed E-state index contributed by atoms with van der Waals surface area (Å²) in [4.78, 5) is 8.45. The number of hydrogen-bond acceptors (Lipinski definition) is 4. The number of nitrogens with one attached hydrogen (secondary N) is 1. The summed E-state index contributed by atoms with van der Waals surface area (Å²) >= 11 is 0. The van der Waals surface area contributed by atoms with E-state index >= 15 is 0 Å². The quantitative estimate of drug-likeness (QED) is 0.809. The van der Waals surface area contributed by atoms with Gasteiger partial charge in [0.25, 0.3) is 0 Å². The van der Waals surface area contributed by atoms with Gasteiger partial charge in [-0.2, -0.15) is 0 Å². The lowest BCUT2D eigenvalue weighted by Crippen LogP contribution is -2.22. The second kappa shape index (κ2) is 8.37. The van der Waals surface area contributed by atoms with Gasteiger partial charge in [-0.15, -0.1) is 0 Å². The molecule has 2 aromatic rings. The van der Waals surface area contributed by atoms with E-state index in [9.17, 15) is 0 Å². The van der Waals surface area contributed by atoms with Crippen LogP contribution in [-0.2, 0) is 6.42 Å². The summed E-state index contributed by atoms with van der Waals surface area (Å²) in [7, 11) is 1.63. The van der Waals surface area contributed by atoms with Crippen molar-refractivity contribution in [2.24, 2.45) is 0 Å². The van der Waals surface area contributed by atoms with Crippen molar-refractivity contribution in [3.05, 3.63) is 54.0 Å². The van der Waals surface area contributed by atoms with Crippen LogP contribution < -0.4 is 10.1 Å². The highest BCUT2D eigenvalue weighted by Gasteiger charge is 2.12. The molecule has 0 aliphatic carbocycles. The molecule has 1 unspecified atom stereocenters. The second-order valence-electron chi connectivity index (χ2n) is 4.97. The van der Waals surface area contributed by atoms with Crippen molar-refractivity contribution in [2.75, 3.05) is 13.7 Å². The fraction of sp³-hybridized carbons (Fsp3) is 0.412. The van der Waals surface area contributed by atoms with E-state index in [0.717, 1.165) is 31.5 Å². The zero-order chi connectivity index (χ0) is 14.9. The van der Waals surface area contributed by atoms with E-state index in [4.69, 9.17) is 4.74 Å². The first-order valence-electron chi connectivity index (χ1n) is 7.46. The van der Waals surface area contributed by atoms with Gasteiger partial charge in [0.2, 0.25) is 5.88 Å². The van der Waals surface area contributed by atoms with E-state index in [-0.39, 0.29) is 6.04 Å². The van der Waals surface area contributed by atoms with Crippen LogP contribution in [0.3, 0.4) is 0 Å². The Kier molecular flexibility index (Phi) is 6.16. The first-order valence-corrected chi connectivity index (χ1v) is 7.46. The molecule has 1 atom stereocenters. The zero-order valence-corrected chi connectivity index (χ0v) is 12.7. The molecule has 1 N–H and O–H groups in total. The highest BCUT2D eigenvalue weighted by atomic mass is 16.5. The maximum atomic E-state index is 5.18. The summed E-state index contributed by atoms with van der Waals surface area (Å²) < 4.78 is 5.18. The minimum absolute atomic E-state index is 0.246. The maximum Gasteiger partial charge on any atom is 0.216 e. The number of rotatable bonds is 8. The predicted octanol–water partition coefficient (Wildman–Crippen LogP) is 3.16. The molecule has 2 rings (SSSR count). The van der Waals surface area contributed by atoms with E-state index in [1.54, 1.807) is 13.4 Å². The van der Waals surface area contributed by atoms with Gasteiger partial charge < -0.3 is 10.1 Å². The Labute approximate surface area is 126 Å². The normalized spacial score (nSPS) is 12.1. The molecule has 1 heterocycles. The SMILES string of the molecule is CCNC(CCCc1ccccc1)c1cc(OC)ncn1. The largest absolute Gasteiger partial charge is 0.481 e. The van der Waals surface area contributed by atoms with Crippen molar-refractivity contribution in [3.8, 4) is 5.88 Å². The molecular formula is C17H23N3O. The van der Waals surface area contributed by atoms with E-state index < -0.39 is 0 Å². The van der Waals surface area contributed by atoms with Crippen LogP contribution in [0.2, 0.25) is 0 Å². The second-order valence-corrected chi connectivity index (χ2v) is 4.97. The van der Waals surface area contributed by atoms with Crippen LogP contribution in [0.5, 0.6) is 5.88 Å². The number of nitrogens with zero attached hydrogens (tertiary/aromatic N) is 2. The Morgan fingerprint density at radius 3 is 2.71 bits per heavy atom. The lowest BCUT2D eigenvalue weighted by atomic mass is 10.0. The number of ether oxygens (including phenoxy) is 1.